The minimum atomic E-state index is -3.27. The number of hydrogen-bond donors (Lipinski definition) is 0. The monoisotopic (exact) mass is 522 g/mol. The number of carbonyl (C=O) groups is 1. The van der Waals surface area contributed by atoms with Gasteiger partial charge in [0, 0.05) is 31.0 Å². The first-order valence-corrected chi connectivity index (χ1v) is 10.2. The van der Waals surface area contributed by atoms with Crippen molar-refractivity contribution in [3.8, 4) is 22.6 Å². The van der Waals surface area contributed by atoms with Crippen LogP contribution in [-0.4, -0.2) is 27.0 Å². The van der Waals surface area contributed by atoms with Gasteiger partial charge in [-0.15, -0.1) is 0 Å². The van der Waals surface area contributed by atoms with Crippen LogP contribution in [0.2, 0.25) is 0 Å². The molecule has 2 heterocycles. The third-order valence-corrected chi connectivity index (χ3v) is 5.01. The lowest BCUT2D eigenvalue weighted by Crippen LogP contribution is -2.23. The zero-order valence-corrected chi connectivity index (χ0v) is 18.1. The molecule has 2 aromatic carbocycles. The van der Waals surface area contributed by atoms with E-state index in [2.05, 4.69) is 9.72 Å². The fraction of sp³-hybridized carbons (Fsp3) is 0.182. The molecule has 0 aliphatic carbocycles. The Morgan fingerprint density at radius 2 is 1.93 bits per heavy atom. The third-order valence-electron chi connectivity index (χ3n) is 4.79. The van der Waals surface area contributed by atoms with E-state index in [0.717, 1.165) is 44.8 Å². The molecule has 5 nitrogen and oxygen atoms in total. The molecule has 0 bridgehead atoms. The number of amides is 1. The Bertz CT molecular complexity index is 1070. The summed E-state index contributed by atoms with van der Waals surface area (Å²) in [5.74, 6) is 0.461. The zero-order chi connectivity index (χ0) is 21.3. The molecule has 30 heavy (non-hydrogen) atoms. The minimum absolute atomic E-state index is 0.0666. The summed E-state index contributed by atoms with van der Waals surface area (Å²) in [7, 11) is 1.54. The Balaban J connectivity index is 1.56. The molecule has 3 aromatic rings. The Labute approximate surface area is 185 Å². The molecule has 0 saturated carbocycles. The smallest absolute Gasteiger partial charge is 0.451 e. The van der Waals surface area contributed by atoms with Crippen LogP contribution < -0.4 is 9.47 Å². The van der Waals surface area contributed by atoms with Crippen molar-refractivity contribution in [2.45, 2.75) is 17.2 Å². The number of aromatic nitrogens is 1. The Kier molecular flexibility index (Phi) is 5.59. The maximum atomic E-state index is 13.0. The van der Waals surface area contributed by atoms with E-state index in [9.17, 15) is 13.6 Å². The van der Waals surface area contributed by atoms with Crippen LogP contribution in [-0.2, 0) is 13.1 Å². The predicted molar refractivity (Wildman–Crippen MR) is 116 cm³/mol. The van der Waals surface area contributed by atoms with Crippen LogP contribution in [0.25, 0.3) is 11.1 Å². The molecular formula is C22H17F2IN2O3. The largest absolute Gasteiger partial charge is 0.496 e. The average Bonchev–Trinajstić information content (AvgIpc) is 3.04. The fourth-order valence-corrected chi connectivity index (χ4v) is 3.74. The van der Waals surface area contributed by atoms with Crippen LogP contribution in [0, 0.1) is 0 Å². The van der Waals surface area contributed by atoms with E-state index in [-0.39, 0.29) is 11.7 Å². The maximum absolute atomic E-state index is 13.0. The lowest BCUT2D eigenvalue weighted by atomic mass is 10.0. The lowest BCUT2D eigenvalue weighted by molar-refractivity contribution is -0.0691. The highest BCUT2D eigenvalue weighted by Gasteiger charge is 2.31. The van der Waals surface area contributed by atoms with E-state index in [1.807, 2.05) is 24.3 Å². The summed E-state index contributed by atoms with van der Waals surface area (Å²) in [6.45, 7) is 0.780. The number of hydrogen-bond acceptors (Lipinski definition) is 4. The summed E-state index contributed by atoms with van der Waals surface area (Å²) < 4.78 is 32.7. The normalized spacial score (nSPS) is 13.3. The Hall–Kier alpha value is -2.75. The molecule has 0 spiro atoms. The molecule has 0 radical (unpaired) electrons. The molecular weight excluding hydrogens is 505 g/mol. The molecule has 0 atom stereocenters. The van der Waals surface area contributed by atoms with Crippen molar-refractivity contribution in [1.82, 2.24) is 9.88 Å². The van der Waals surface area contributed by atoms with E-state index in [1.54, 1.807) is 36.5 Å². The van der Waals surface area contributed by atoms with Gasteiger partial charge in [0.2, 0.25) is 0 Å². The molecule has 1 amide bonds. The Morgan fingerprint density at radius 1 is 1.17 bits per heavy atom. The topological polar surface area (TPSA) is 51.7 Å². The first-order chi connectivity index (χ1) is 14.3. The molecule has 0 fully saturated rings. The van der Waals surface area contributed by atoms with Crippen LogP contribution in [0.3, 0.4) is 0 Å². The molecule has 1 aromatic heterocycles. The number of alkyl halides is 3. The van der Waals surface area contributed by atoms with Gasteiger partial charge < -0.3 is 14.4 Å². The second kappa shape index (κ2) is 8.17. The van der Waals surface area contributed by atoms with Gasteiger partial charge in [0.05, 0.1) is 35.3 Å². The van der Waals surface area contributed by atoms with E-state index in [4.69, 9.17) is 4.74 Å². The highest BCUT2D eigenvalue weighted by Crippen LogP contribution is 2.36. The van der Waals surface area contributed by atoms with Crippen LogP contribution in [0.5, 0.6) is 11.5 Å². The predicted octanol–water partition coefficient (Wildman–Crippen LogP) is 5.28. The highest BCUT2D eigenvalue weighted by atomic mass is 127. The number of pyridine rings is 1. The number of nitrogens with zero attached hydrogens (tertiary/aromatic N) is 2. The van der Waals surface area contributed by atoms with E-state index >= 15 is 0 Å². The number of rotatable bonds is 6. The summed E-state index contributed by atoms with van der Waals surface area (Å²) >= 11 is 0.921. The number of carbonyl (C=O) groups excluding carboxylic acids is 1. The summed E-state index contributed by atoms with van der Waals surface area (Å²) in [4.78, 5) is 18.8. The van der Waals surface area contributed by atoms with E-state index in [1.165, 1.54) is 12.1 Å². The summed E-state index contributed by atoms with van der Waals surface area (Å²) in [5.41, 5.74) is 4.10. The van der Waals surface area contributed by atoms with Gasteiger partial charge in [-0.3, -0.25) is 9.78 Å². The lowest BCUT2D eigenvalue weighted by Gasteiger charge is -2.16. The van der Waals surface area contributed by atoms with Crippen molar-refractivity contribution in [3.63, 3.8) is 0 Å². The SMILES string of the molecule is COc1cc(-c2cccnc2)cc2c1C(=O)N(Cc1ccc(OC(F)(F)I)cc1)C2. The Morgan fingerprint density at radius 3 is 2.57 bits per heavy atom. The second-order valence-corrected chi connectivity index (χ2v) is 8.06. The number of halogens is 3. The van der Waals surface area contributed by atoms with Crippen molar-refractivity contribution in [2.24, 2.45) is 0 Å². The molecule has 4 rings (SSSR count). The van der Waals surface area contributed by atoms with Crippen molar-refractivity contribution in [2.75, 3.05) is 7.11 Å². The van der Waals surface area contributed by atoms with Crippen molar-refractivity contribution in [1.29, 1.82) is 0 Å². The van der Waals surface area contributed by atoms with Gasteiger partial charge in [0.1, 0.15) is 11.5 Å². The van der Waals surface area contributed by atoms with Gasteiger partial charge in [-0.05, 0) is 47.0 Å². The van der Waals surface area contributed by atoms with Gasteiger partial charge in [-0.2, -0.15) is 8.78 Å². The fourth-order valence-electron chi connectivity index (χ4n) is 3.48. The summed E-state index contributed by atoms with van der Waals surface area (Å²) in [6, 6.07) is 13.9. The van der Waals surface area contributed by atoms with Gasteiger partial charge in [0.25, 0.3) is 5.91 Å². The number of methoxy groups -OCH3 is 1. The number of ether oxygens (including phenoxy) is 2. The molecule has 0 saturated heterocycles. The molecule has 0 N–H and O–H groups in total. The van der Waals surface area contributed by atoms with Gasteiger partial charge in [0.15, 0.2) is 0 Å². The van der Waals surface area contributed by atoms with Crippen LogP contribution in [0.15, 0.2) is 60.9 Å². The van der Waals surface area contributed by atoms with Crippen LogP contribution in [0.1, 0.15) is 21.5 Å². The molecule has 0 unspecified atom stereocenters. The third kappa shape index (κ3) is 4.38. The molecule has 1 aliphatic rings. The van der Waals surface area contributed by atoms with E-state index in [0.29, 0.717) is 24.4 Å². The first kappa shape index (κ1) is 20.5. The van der Waals surface area contributed by atoms with Crippen molar-refractivity contribution >= 4 is 28.5 Å². The van der Waals surface area contributed by atoms with Gasteiger partial charge in [-0.1, -0.05) is 18.2 Å². The first-order valence-electron chi connectivity index (χ1n) is 9.09. The van der Waals surface area contributed by atoms with Crippen molar-refractivity contribution < 1.29 is 23.0 Å². The molecule has 8 heteroatoms. The zero-order valence-electron chi connectivity index (χ0n) is 15.9. The second-order valence-electron chi connectivity index (χ2n) is 6.81. The summed E-state index contributed by atoms with van der Waals surface area (Å²) in [6.07, 6.45) is 3.47. The van der Waals surface area contributed by atoms with E-state index < -0.39 is 4.12 Å². The standard InChI is InChI=1S/C22H17F2IN2O3/c1-29-19-10-16(15-3-2-8-26-11-15)9-17-13-27(21(28)20(17)19)12-14-4-6-18(7-5-14)30-22(23,24)25/h2-11H,12-13H2,1H3. The molecule has 154 valence electrons. The van der Waals surface area contributed by atoms with Gasteiger partial charge >= 0.3 is 4.12 Å². The van der Waals surface area contributed by atoms with Crippen molar-refractivity contribution in [3.05, 3.63) is 77.6 Å². The minimum Gasteiger partial charge on any atom is -0.496 e. The summed E-state index contributed by atoms with van der Waals surface area (Å²) in [5, 5.41) is 0. The number of fused-ring (bicyclic) bond motifs is 1. The van der Waals surface area contributed by atoms with Crippen LogP contribution >= 0.6 is 22.6 Å². The highest BCUT2D eigenvalue weighted by molar-refractivity contribution is 14.1. The quantitative estimate of drug-likeness (QED) is 0.327. The number of benzene rings is 2. The molecule has 1 aliphatic heterocycles. The van der Waals surface area contributed by atoms with Crippen LogP contribution in [0.4, 0.5) is 8.78 Å². The average molecular weight is 522 g/mol. The maximum Gasteiger partial charge on any atom is 0.451 e. The van der Waals surface area contributed by atoms with Gasteiger partial charge in [-0.25, -0.2) is 0 Å².